The van der Waals surface area contributed by atoms with E-state index >= 15 is 0 Å². The van der Waals surface area contributed by atoms with Crippen LogP contribution in [0.3, 0.4) is 0 Å². The summed E-state index contributed by atoms with van der Waals surface area (Å²) in [6.45, 7) is 2.85. The molecule has 0 atom stereocenters. The quantitative estimate of drug-likeness (QED) is 0.433. The van der Waals surface area contributed by atoms with Crippen LogP contribution < -0.4 is 0 Å². The zero-order valence-electron chi connectivity index (χ0n) is 11.5. The van der Waals surface area contributed by atoms with Crippen LogP contribution in [0.2, 0.25) is 0 Å². The van der Waals surface area contributed by atoms with Crippen LogP contribution in [-0.2, 0) is 31.9 Å². The minimum Gasteiger partial charge on any atom is -0.512 e. The Morgan fingerprint density at radius 3 is 2.45 bits per heavy atom. The number of ketones is 1. The van der Waals surface area contributed by atoms with Gasteiger partial charge in [-0.3, -0.25) is 4.79 Å². The number of nitrogens with zero attached hydrogens (tertiary/aromatic N) is 3. The maximum absolute atomic E-state index is 10.0. The molecule has 2 aromatic rings. The average molecular weight is 451 g/mol. The van der Waals surface area contributed by atoms with E-state index in [0.29, 0.717) is 0 Å². The summed E-state index contributed by atoms with van der Waals surface area (Å²) >= 11 is 0. The van der Waals surface area contributed by atoms with Gasteiger partial charge in [-0.1, -0.05) is 0 Å². The molecule has 1 aromatic heterocycles. The molecule has 1 aromatic carbocycles. The van der Waals surface area contributed by atoms with Crippen LogP contribution in [0.15, 0.2) is 42.4 Å². The topological polar surface area (TPSA) is 68.0 Å². The predicted molar refractivity (Wildman–Crippen MR) is 72.3 cm³/mol. The molecule has 1 radical (unpaired) electrons. The van der Waals surface area contributed by atoms with E-state index in [1.165, 1.54) is 19.9 Å². The number of aromatic nitrogens is 3. The normalized spacial score (nSPS) is 10.1. The first-order chi connectivity index (χ1) is 9.00. The maximum atomic E-state index is 10.0. The molecule has 20 heavy (non-hydrogen) atoms. The van der Waals surface area contributed by atoms with Gasteiger partial charge in [0.25, 0.3) is 0 Å². The van der Waals surface area contributed by atoms with Crippen molar-refractivity contribution < 1.29 is 30.0 Å². The number of benzene rings is 1. The molecule has 0 aliphatic heterocycles. The second-order valence-electron chi connectivity index (χ2n) is 3.94. The number of aliphatic hydroxyl groups excluding tert-OH is 1. The first-order valence-corrected chi connectivity index (χ1v) is 5.69. The van der Waals surface area contributed by atoms with Gasteiger partial charge in [0, 0.05) is 33.2 Å². The van der Waals surface area contributed by atoms with Crippen molar-refractivity contribution in [3.63, 3.8) is 0 Å². The molecular weight excluding hydrogens is 434 g/mol. The van der Waals surface area contributed by atoms with Crippen LogP contribution in [0.1, 0.15) is 13.8 Å². The number of aliphatic hydroxyl groups is 1. The second kappa shape index (κ2) is 9.18. The molecular formula is C14H16IrN3O2-. The maximum Gasteiger partial charge on any atom is 0.155 e. The van der Waals surface area contributed by atoms with Gasteiger partial charge in [-0.15, -0.1) is 41.0 Å². The Balaban J connectivity index is 0.000000396. The van der Waals surface area contributed by atoms with Crippen LogP contribution in [0, 0.1) is 6.07 Å². The number of allylic oxidation sites excluding steroid dienone is 2. The van der Waals surface area contributed by atoms with Crippen molar-refractivity contribution in [3.8, 4) is 11.4 Å². The molecule has 0 saturated carbocycles. The van der Waals surface area contributed by atoms with Crippen LogP contribution in [0.4, 0.5) is 0 Å². The molecule has 0 bridgehead atoms. The van der Waals surface area contributed by atoms with E-state index in [4.69, 9.17) is 5.11 Å². The van der Waals surface area contributed by atoms with Gasteiger partial charge < -0.3 is 9.67 Å². The first kappa shape index (κ1) is 18.2. The average Bonchev–Trinajstić information content (AvgIpc) is 2.75. The first-order valence-electron chi connectivity index (χ1n) is 5.69. The van der Waals surface area contributed by atoms with E-state index in [1.54, 1.807) is 6.33 Å². The van der Waals surface area contributed by atoms with Gasteiger partial charge in [-0.25, -0.2) is 0 Å². The number of carbonyl (C=O) groups is 1. The van der Waals surface area contributed by atoms with Gasteiger partial charge in [0.05, 0.1) is 11.6 Å². The molecule has 0 saturated heterocycles. The Morgan fingerprint density at radius 1 is 1.40 bits per heavy atom. The largest absolute Gasteiger partial charge is 0.512 e. The van der Waals surface area contributed by atoms with Crippen molar-refractivity contribution in [2.45, 2.75) is 13.8 Å². The Morgan fingerprint density at radius 2 is 2.10 bits per heavy atom. The van der Waals surface area contributed by atoms with Crippen molar-refractivity contribution in [2.75, 3.05) is 0 Å². The standard InChI is InChI=1S/C9H8N3.C5H8O2.Ir/c1-12-7-10-11-9(12)8-5-3-2-4-6-8;1-4(6)3-5(2)7;/h2-5,7H,1H3;3,6H,1-2H3;/q-1;;/b;4-3-;. The fourth-order valence-corrected chi connectivity index (χ4v) is 1.35. The molecule has 5 nitrogen and oxygen atoms in total. The van der Waals surface area contributed by atoms with Crippen molar-refractivity contribution in [3.05, 3.63) is 48.5 Å². The Kier molecular flexibility index (Phi) is 8.36. The summed E-state index contributed by atoms with van der Waals surface area (Å²) < 4.78 is 1.87. The molecule has 109 valence electrons. The van der Waals surface area contributed by atoms with E-state index in [1.807, 2.05) is 35.9 Å². The third-order valence-corrected chi connectivity index (χ3v) is 2.07. The van der Waals surface area contributed by atoms with Crippen LogP contribution in [0.5, 0.6) is 0 Å². The van der Waals surface area contributed by atoms with E-state index in [0.717, 1.165) is 11.4 Å². The molecule has 6 heteroatoms. The molecule has 0 fully saturated rings. The third kappa shape index (κ3) is 6.40. The molecule has 2 rings (SSSR count). The fraction of sp³-hybridized carbons (Fsp3) is 0.214. The van der Waals surface area contributed by atoms with Crippen molar-refractivity contribution in [1.82, 2.24) is 14.8 Å². The van der Waals surface area contributed by atoms with Gasteiger partial charge in [-0.05, 0) is 13.8 Å². The number of hydrogen-bond acceptors (Lipinski definition) is 4. The van der Waals surface area contributed by atoms with E-state index in [9.17, 15) is 4.79 Å². The minimum atomic E-state index is -0.125. The van der Waals surface area contributed by atoms with Crippen molar-refractivity contribution in [2.24, 2.45) is 7.05 Å². The van der Waals surface area contributed by atoms with Gasteiger partial charge in [-0.2, -0.15) is 5.10 Å². The van der Waals surface area contributed by atoms with E-state index in [-0.39, 0.29) is 31.6 Å². The van der Waals surface area contributed by atoms with Crippen LogP contribution in [0.25, 0.3) is 11.4 Å². The minimum absolute atomic E-state index is 0. The molecule has 1 N–H and O–H groups in total. The summed E-state index contributed by atoms with van der Waals surface area (Å²) in [5.74, 6) is 0.781. The van der Waals surface area contributed by atoms with E-state index in [2.05, 4.69) is 16.3 Å². The number of aryl methyl sites for hydroxylation is 1. The molecule has 0 aliphatic rings. The molecule has 0 aliphatic carbocycles. The Labute approximate surface area is 131 Å². The summed E-state index contributed by atoms with van der Waals surface area (Å²) in [5.41, 5.74) is 0.970. The smallest absolute Gasteiger partial charge is 0.155 e. The van der Waals surface area contributed by atoms with Gasteiger partial charge in [0.15, 0.2) is 5.78 Å². The Bertz CT molecular complexity index is 561. The zero-order chi connectivity index (χ0) is 14.3. The fourth-order valence-electron chi connectivity index (χ4n) is 1.35. The van der Waals surface area contributed by atoms with Crippen molar-refractivity contribution >= 4 is 5.78 Å². The third-order valence-electron chi connectivity index (χ3n) is 2.07. The summed E-state index contributed by atoms with van der Waals surface area (Å²) in [6.07, 6.45) is 2.84. The molecule has 1 heterocycles. The van der Waals surface area contributed by atoms with Gasteiger partial charge in [0.1, 0.15) is 6.33 Å². The number of rotatable bonds is 2. The second-order valence-corrected chi connectivity index (χ2v) is 3.94. The number of hydrogen-bond donors (Lipinski definition) is 1. The van der Waals surface area contributed by atoms with Gasteiger partial charge >= 0.3 is 0 Å². The SMILES string of the molecule is CC(=O)/C=C(/C)O.Cn1cnnc1-c1[c-]cccc1.[Ir]. The monoisotopic (exact) mass is 451 g/mol. The zero-order valence-corrected chi connectivity index (χ0v) is 13.9. The van der Waals surface area contributed by atoms with E-state index < -0.39 is 0 Å². The summed E-state index contributed by atoms with van der Waals surface area (Å²) in [4.78, 5) is 10.0. The number of carbonyl (C=O) groups excluding carboxylic acids is 1. The molecule has 0 unspecified atom stereocenters. The Hall–Kier alpha value is -1.78. The van der Waals surface area contributed by atoms with Crippen LogP contribution >= 0.6 is 0 Å². The van der Waals surface area contributed by atoms with Gasteiger partial charge in [0.2, 0.25) is 0 Å². The summed E-state index contributed by atoms with van der Waals surface area (Å²) in [6, 6.07) is 10.8. The van der Waals surface area contributed by atoms with Crippen molar-refractivity contribution in [1.29, 1.82) is 0 Å². The summed E-state index contributed by atoms with van der Waals surface area (Å²) in [7, 11) is 1.91. The van der Waals surface area contributed by atoms with Crippen LogP contribution in [-0.4, -0.2) is 25.7 Å². The summed E-state index contributed by atoms with van der Waals surface area (Å²) in [5, 5.41) is 16.1. The molecule has 0 spiro atoms. The predicted octanol–water partition coefficient (Wildman–Crippen LogP) is 2.32. The molecule has 0 amide bonds.